The summed E-state index contributed by atoms with van der Waals surface area (Å²) in [5, 5.41) is 4.09. The SMILES string of the molecule is CCc1ccc(OCC(=O)NN=C2CC(=O)CC(C)(C)C2)cc1. The third-order valence-corrected chi connectivity index (χ3v) is 3.80. The van der Waals surface area contributed by atoms with Crippen LogP contribution in [0.15, 0.2) is 29.4 Å². The molecule has 0 atom stereocenters. The van der Waals surface area contributed by atoms with Gasteiger partial charge < -0.3 is 4.74 Å². The highest BCUT2D eigenvalue weighted by Gasteiger charge is 2.30. The second-order valence-corrected chi connectivity index (χ2v) is 6.73. The van der Waals surface area contributed by atoms with Crippen LogP contribution in [-0.2, 0) is 16.0 Å². The summed E-state index contributed by atoms with van der Waals surface area (Å²) in [6.45, 7) is 6.05. The summed E-state index contributed by atoms with van der Waals surface area (Å²) >= 11 is 0. The molecule has 0 saturated heterocycles. The number of carbonyl (C=O) groups excluding carboxylic acids is 2. The molecule has 0 aliphatic heterocycles. The molecule has 1 amide bonds. The van der Waals surface area contributed by atoms with Gasteiger partial charge in [0.1, 0.15) is 11.5 Å². The second-order valence-electron chi connectivity index (χ2n) is 6.73. The van der Waals surface area contributed by atoms with E-state index in [1.807, 2.05) is 38.1 Å². The van der Waals surface area contributed by atoms with Gasteiger partial charge in [-0.3, -0.25) is 9.59 Å². The lowest BCUT2D eigenvalue weighted by Crippen LogP contribution is -2.32. The van der Waals surface area contributed by atoms with Crippen LogP contribution in [0.3, 0.4) is 0 Å². The smallest absolute Gasteiger partial charge is 0.277 e. The van der Waals surface area contributed by atoms with Crippen LogP contribution in [0.5, 0.6) is 5.75 Å². The van der Waals surface area contributed by atoms with Crippen molar-refractivity contribution in [3.63, 3.8) is 0 Å². The van der Waals surface area contributed by atoms with Crippen molar-refractivity contribution in [2.24, 2.45) is 10.5 Å². The van der Waals surface area contributed by atoms with Crippen LogP contribution < -0.4 is 10.2 Å². The van der Waals surface area contributed by atoms with E-state index in [-0.39, 0.29) is 23.7 Å². The molecule has 0 heterocycles. The minimum Gasteiger partial charge on any atom is -0.484 e. The third kappa shape index (κ3) is 5.51. The topological polar surface area (TPSA) is 67.8 Å². The van der Waals surface area contributed by atoms with E-state index in [0.29, 0.717) is 18.6 Å². The highest BCUT2D eigenvalue weighted by Crippen LogP contribution is 2.31. The van der Waals surface area contributed by atoms with Crippen molar-refractivity contribution in [1.29, 1.82) is 0 Å². The quantitative estimate of drug-likeness (QED) is 0.849. The molecule has 0 bridgehead atoms. The molecule has 1 saturated carbocycles. The maximum Gasteiger partial charge on any atom is 0.277 e. The summed E-state index contributed by atoms with van der Waals surface area (Å²) in [5.41, 5.74) is 4.34. The fourth-order valence-electron chi connectivity index (χ4n) is 2.72. The number of nitrogens with zero attached hydrogens (tertiary/aromatic N) is 1. The van der Waals surface area contributed by atoms with Crippen LogP contribution in [0, 0.1) is 5.41 Å². The van der Waals surface area contributed by atoms with Gasteiger partial charge in [0.25, 0.3) is 5.91 Å². The Morgan fingerprint density at radius 3 is 2.57 bits per heavy atom. The van der Waals surface area contributed by atoms with E-state index in [0.717, 1.165) is 18.6 Å². The number of Topliss-reactive ketones (excluding diaryl/α,β-unsaturated/α-hetero) is 1. The van der Waals surface area contributed by atoms with Gasteiger partial charge in [-0.15, -0.1) is 0 Å². The van der Waals surface area contributed by atoms with Crippen molar-refractivity contribution in [2.45, 2.75) is 46.5 Å². The van der Waals surface area contributed by atoms with E-state index in [9.17, 15) is 9.59 Å². The number of hydrazone groups is 1. The zero-order valence-electron chi connectivity index (χ0n) is 14.0. The number of ether oxygens (including phenoxy) is 1. The standard InChI is InChI=1S/C18H24N2O3/c1-4-13-5-7-16(8-6-13)23-12-17(22)20-19-14-9-15(21)11-18(2,3)10-14/h5-8H,4,9-12H2,1-3H3,(H,20,22). The van der Waals surface area contributed by atoms with Crippen LogP contribution in [0.2, 0.25) is 0 Å². The number of aryl methyl sites for hydroxylation is 1. The molecule has 0 unspecified atom stereocenters. The summed E-state index contributed by atoms with van der Waals surface area (Å²) in [6.07, 6.45) is 2.57. The molecule has 124 valence electrons. The molecule has 23 heavy (non-hydrogen) atoms. The van der Waals surface area contributed by atoms with Crippen LogP contribution in [0.4, 0.5) is 0 Å². The zero-order chi connectivity index (χ0) is 16.9. The molecule has 1 aromatic carbocycles. The highest BCUT2D eigenvalue weighted by molar-refractivity contribution is 6.05. The van der Waals surface area contributed by atoms with Crippen molar-refractivity contribution in [3.05, 3.63) is 29.8 Å². The molecule has 2 rings (SSSR count). The largest absolute Gasteiger partial charge is 0.484 e. The number of ketones is 1. The predicted octanol–water partition coefficient (Wildman–Crippen LogP) is 2.88. The Labute approximate surface area is 137 Å². The van der Waals surface area contributed by atoms with Crippen LogP contribution >= 0.6 is 0 Å². The van der Waals surface area contributed by atoms with Crippen LogP contribution in [0.25, 0.3) is 0 Å². The number of amides is 1. The van der Waals surface area contributed by atoms with Gasteiger partial charge in [-0.2, -0.15) is 5.10 Å². The molecule has 1 fully saturated rings. The molecule has 0 aromatic heterocycles. The number of nitrogens with one attached hydrogen (secondary N) is 1. The zero-order valence-corrected chi connectivity index (χ0v) is 14.0. The molecule has 0 spiro atoms. The first-order valence-corrected chi connectivity index (χ1v) is 7.96. The van der Waals surface area contributed by atoms with E-state index in [1.165, 1.54) is 5.56 Å². The Bertz CT molecular complexity index is 603. The molecule has 5 nitrogen and oxygen atoms in total. The first-order chi connectivity index (χ1) is 10.9. The molecule has 1 N–H and O–H groups in total. The van der Waals surface area contributed by atoms with Gasteiger partial charge in [0.15, 0.2) is 6.61 Å². The fourth-order valence-corrected chi connectivity index (χ4v) is 2.72. The molecule has 1 aromatic rings. The lowest BCUT2D eigenvalue weighted by atomic mass is 9.76. The average molecular weight is 316 g/mol. The third-order valence-electron chi connectivity index (χ3n) is 3.80. The Kier molecular flexibility index (Phi) is 5.53. The van der Waals surface area contributed by atoms with Gasteiger partial charge in [-0.05, 0) is 36.0 Å². The maximum absolute atomic E-state index is 11.8. The van der Waals surface area contributed by atoms with Crippen LogP contribution in [-0.4, -0.2) is 24.0 Å². The van der Waals surface area contributed by atoms with Crippen molar-refractivity contribution < 1.29 is 14.3 Å². The highest BCUT2D eigenvalue weighted by atomic mass is 16.5. The van der Waals surface area contributed by atoms with E-state index >= 15 is 0 Å². The minimum absolute atomic E-state index is 0.0869. The lowest BCUT2D eigenvalue weighted by molar-refractivity contribution is -0.123. The van der Waals surface area contributed by atoms with Gasteiger partial charge >= 0.3 is 0 Å². The predicted molar refractivity (Wildman–Crippen MR) is 89.5 cm³/mol. The van der Waals surface area contributed by atoms with E-state index in [4.69, 9.17) is 4.74 Å². The summed E-state index contributed by atoms with van der Waals surface area (Å²) in [5.74, 6) is 0.494. The Hall–Kier alpha value is -2.17. The molecule has 0 radical (unpaired) electrons. The first-order valence-electron chi connectivity index (χ1n) is 7.96. The van der Waals surface area contributed by atoms with Crippen molar-refractivity contribution in [3.8, 4) is 5.75 Å². The van der Waals surface area contributed by atoms with Crippen molar-refractivity contribution >= 4 is 17.4 Å². The van der Waals surface area contributed by atoms with E-state index in [1.54, 1.807) is 0 Å². The average Bonchev–Trinajstić information content (AvgIpc) is 2.49. The monoisotopic (exact) mass is 316 g/mol. The van der Waals surface area contributed by atoms with Crippen molar-refractivity contribution in [2.75, 3.05) is 6.61 Å². The molecular formula is C18H24N2O3. The minimum atomic E-state index is -0.326. The number of benzene rings is 1. The fraction of sp³-hybridized carbons (Fsp3) is 0.500. The van der Waals surface area contributed by atoms with Gasteiger partial charge in [0, 0.05) is 18.6 Å². The Morgan fingerprint density at radius 1 is 1.26 bits per heavy atom. The van der Waals surface area contributed by atoms with Gasteiger partial charge in [0.2, 0.25) is 0 Å². The first kappa shape index (κ1) is 17.2. The van der Waals surface area contributed by atoms with E-state index in [2.05, 4.69) is 17.5 Å². The number of hydrogen-bond acceptors (Lipinski definition) is 4. The number of rotatable bonds is 5. The molecule has 1 aliphatic rings. The number of hydrogen-bond donors (Lipinski definition) is 1. The summed E-state index contributed by atoms with van der Waals surface area (Å²) in [4.78, 5) is 23.5. The summed E-state index contributed by atoms with van der Waals surface area (Å²) < 4.78 is 5.42. The lowest BCUT2D eigenvalue weighted by Gasteiger charge is -2.28. The molecule has 1 aliphatic carbocycles. The van der Waals surface area contributed by atoms with Gasteiger partial charge in [-0.25, -0.2) is 5.43 Å². The Morgan fingerprint density at radius 2 is 1.96 bits per heavy atom. The van der Waals surface area contributed by atoms with Gasteiger partial charge in [0.05, 0.1) is 0 Å². The second kappa shape index (κ2) is 7.40. The summed E-state index contributed by atoms with van der Waals surface area (Å²) in [6, 6.07) is 7.65. The molecular weight excluding hydrogens is 292 g/mol. The molecule has 5 heteroatoms. The normalized spacial score (nSPS) is 18.7. The van der Waals surface area contributed by atoms with Gasteiger partial charge in [-0.1, -0.05) is 32.9 Å². The number of carbonyl (C=O) groups is 2. The Balaban J connectivity index is 1.82. The van der Waals surface area contributed by atoms with Crippen LogP contribution in [0.1, 0.15) is 45.6 Å². The van der Waals surface area contributed by atoms with E-state index < -0.39 is 0 Å². The maximum atomic E-state index is 11.8. The summed E-state index contributed by atoms with van der Waals surface area (Å²) in [7, 11) is 0. The van der Waals surface area contributed by atoms with Crippen molar-refractivity contribution in [1.82, 2.24) is 5.43 Å².